The van der Waals surface area contributed by atoms with Crippen LogP contribution in [0, 0.1) is 5.92 Å². The van der Waals surface area contributed by atoms with E-state index in [0.717, 1.165) is 4.90 Å². The summed E-state index contributed by atoms with van der Waals surface area (Å²) in [5.41, 5.74) is -6.72. The Kier molecular flexibility index (Phi) is 21.1. The summed E-state index contributed by atoms with van der Waals surface area (Å²) in [6.07, 6.45) is -13.0. The van der Waals surface area contributed by atoms with Gasteiger partial charge in [-0.25, -0.2) is 24.0 Å². The number of ether oxygens (including phenoxy) is 8. The Morgan fingerprint density at radius 1 is 0.818 bits per heavy atom. The Morgan fingerprint density at radius 3 is 1.96 bits per heavy atom. The summed E-state index contributed by atoms with van der Waals surface area (Å²) in [7, 11) is 1.30. The van der Waals surface area contributed by atoms with Crippen LogP contribution in [0.15, 0.2) is 24.2 Å². The summed E-state index contributed by atoms with van der Waals surface area (Å²) in [6.45, 7) is 25.6. The number of likely N-dealkylation sites (N-methyl/N-ethyl adjacent to an activating group) is 1. The van der Waals surface area contributed by atoms with Gasteiger partial charge in [0.15, 0.2) is 6.29 Å². The largest absolute Gasteiger partial charge is 0.491 e. The Labute approximate surface area is 451 Å². The second-order valence-electron chi connectivity index (χ2n) is 24.6. The molecule has 4 aliphatic rings. The molecule has 0 aromatic heterocycles. The predicted molar refractivity (Wildman–Crippen MR) is 275 cm³/mol. The van der Waals surface area contributed by atoms with Crippen LogP contribution in [0.1, 0.15) is 116 Å². The lowest BCUT2D eigenvalue weighted by atomic mass is 9.72. The average molecular weight is 1100 g/mol. The monoisotopic (exact) mass is 1100 g/mol. The summed E-state index contributed by atoms with van der Waals surface area (Å²) < 4.78 is 46.1. The summed E-state index contributed by atoms with van der Waals surface area (Å²) in [5, 5.41) is 72.5. The lowest BCUT2D eigenvalue weighted by molar-refractivity contribution is -0.305. The minimum Gasteiger partial charge on any atom is -0.491 e. The number of nitrogens with one attached hydrogen (secondary N) is 5. The molecule has 0 spiro atoms. The van der Waals surface area contributed by atoms with Crippen molar-refractivity contribution in [2.45, 2.75) is 211 Å². The highest BCUT2D eigenvalue weighted by Gasteiger charge is 2.57. The third-order valence-corrected chi connectivity index (χ3v) is 12.4. The van der Waals surface area contributed by atoms with Crippen molar-refractivity contribution in [2.75, 3.05) is 46.4 Å². The first-order valence-corrected chi connectivity index (χ1v) is 25.8. The van der Waals surface area contributed by atoms with E-state index in [9.17, 15) is 54.3 Å². The lowest BCUT2D eigenvalue weighted by Crippen LogP contribution is -2.71. The molecule has 0 radical (unpaired) electrons. The number of carbonyl (C=O) groups is 6. The molecule has 3 aliphatic heterocycles. The van der Waals surface area contributed by atoms with Crippen molar-refractivity contribution in [3.8, 4) is 0 Å². The number of carbonyl (C=O) groups excluding carboxylic acids is 6. The van der Waals surface area contributed by atoms with Crippen LogP contribution in [0.3, 0.4) is 0 Å². The van der Waals surface area contributed by atoms with Crippen LogP contribution in [0.5, 0.6) is 0 Å². The topological polar surface area (TPSA) is 344 Å². The van der Waals surface area contributed by atoms with E-state index in [4.69, 9.17) is 37.9 Å². The number of aliphatic hydroxyl groups excluding tert-OH is 3. The molecule has 4 rings (SSSR count). The van der Waals surface area contributed by atoms with E-state index in [1.54, 1.807) is 89.2 Å². The van der Waals surface area contributed by atoms with Gasteiger partial charge in [0.25, 0.3) is 5.91 Å². The molecule has 440 valence electrons. The molecule has 1 unspecified atom stereocenters. The molecule has 2 saturated heterocycles. The van der Waals surface area contributed by atoms with Crippen LogP contribution in [0.25, 0.3) is 0 Å². The van der Waals surface area contributed by atoms with Crippen LogP contribution < -0.4 is 26.6 Å². The molecular formula is C51H87N7O19. The number of likely N-dealkylation sites (tertiary alicyclic amines) is 1. The lowest BCUT2D eigenvalue weighted by Gasteiger charge is -2.52. The van der Waals surface area contributed by atoms with Crippen LogP contribution >= 0.6 is 0 Å². The van der Waals surface area contributed by atoms with Gasteiger partial charge >= 0.3 is 30.5 Å². The standard InChI is InChI=1S/C51H87N7O19/c1-27(2)71-42(64)55-29-18-17-28(22-52-20-19-51(69)24-58(25-51)45(67)77-49(12,13)14)72-36(29)33-30(56-43(65)75-47(6,7)8)21-31(54-39(62)32(59)23-53-41(63)74-46(3,4)5)37(34(33)60)73-40-35(61)38(50(15,68)26-70-40)57(16)44(66)76-48(9,10)11/h17,29-38,40,52,59-61,68-69H,1,18-26H2,2-16H3,(H,53,63)(H,54,62)(H,55,64)(H,56,65)/t29-,30+,31-,32+,33?,34+,35-,36+,37+,38-,40-,50+/m1/s1. The number of nitrogens with zero attached hydrogens (tertiary/aromatic N) is 2. The summed E-state index contributed by atoms with van der Waals surface area (Å²) in [6, 6.07) is -5.10. The smallest absolute Gasteiger partial charge is 0.412 e. The minimum atomic E-state index is -1.92. The maximum absolute atomic E-state index is 13.9. The number of aliphatic hydroxyl groups is 5. The normalized spacial score (nSPS) is 28.9. The van der Waals surface area contributed by atoms with Crippen LogP contribution in [0.4, 0.5) is 24.0 Å². The molecule has 26 nitrogen and oxygen atoms in total. The highest BCUT2D eigenvalue weighted by Crippen LogP contribution is 2.39. The van der Waals surface area contributed by atoms with Crippen molar-refractivity contribution in [1.82, 2.24) is 36.4 Å². The number of amides is 6. The number of β-amino-alcohol motifs (C(OH)–C–C–N with tert-alkyl or cyclic N) is 1. The van der Waals surface area contributed by atoms with Gasteiger partial charge in [0, 0.05) is 19.0 Å². The predicted octanol–water partition coefficient (Wildman–Crippen LogP) is 1.98. The second-order valence-corrected chi connectivity index (χ2v) is 24.6. The van der Waals surface area contributed by atoms with Crippen molar-refractivity contribution in [1.29, 1.82) is 0 Å². The first-order valence-electron chi connectivity index (χ1n) is 25.8. The maximum Gasteiger partial charge on any atom is 0.412 e. The number of rotatable bonds is 16. The zero-order valence-corrected chi connectivity index (χ0v) is 47.3. The van der Waals surface area contributed by atoms with Gasteiger partial charge in [0.1, 0.15) is 63.8 Å². The molecule has 1 saturated carbocycles. The summed E-state index contributed by atoms with van der Waals surface area (Å²) >= 11 is 0. The highest BCUT2D eigenvalue weighted by molar-refractivity contribution is 5.82. The Hall–Kier alpha value is -5.22. The van der Waals surface area contributed by atoms with Crippen LogP contribution in [-0.4, -0.2) is 213 Å². The van der Waals surface area contributed by atoms with E-state index in [-0.39, 0.29) is 51.2 Å². The van der Waals surface area contributed by atoms with Crippen molar-refractivity contribution >= 4 is 36.4 Å². The fourth-order valence-corrected chi connectivity index (χ4v) is 9.25. The average Bonchev–Trinajstić information content (AvgIpc) is 3.23. The van der Waals surface area contributed by atoms with Gasteiger partial charge in [-0.05, 0) is 129 Å². The molecule has 0 aromatic carbocycles. The number of allylic oxidation sites excluding steroid dienone is 1. The van der Waals surface area contributed by atoms with E-state index in [1.807, 2.05) is 0 Å². The molecule has 26 heteroatoms. The first-order chi connectivity index (χ1) is 35.2. The van der Waals surface area contributed by atoms with Crippen molar-refractivity contribution in [3.63, 3.8) is 0 Å². The number of alkyl carbamates (subject to hydrolysis) is 3. The van der Waals surface area contributed by atoms with Gasteiger partial charge in [0.05, 0.1) is 62.8 Å². The molecule has 1 aliphatic carbocycles. The van der Waals surface area contributed by atoms with Crippen LogP contribution in [-0.2, 0) is 42.7 Å². The quantitative estimate of drug-likeness (QED) is 0.0600. The molecule has 10 N–H and O–H groups in total. The van der Waals surface area contributed by atoms with Gasteiger partial charge in [-0.3, -0.25) is 4.79 Å². The minimum absolute atomic E-state index is 0.0527. The maximum atomic E-state index is 13.9. The fraction of sp³-hybridized carbons (Fsp3) is 0.804. The SMILES string of the molecule is C=C(C)OC(=O)N[C@@H]1CC=C(CNCCC2(O)CN(C(=O)OC(C)(C)C)C2)O[C@@H]1C1[C@@H](NC(=O)OC(C)(C)C)C[C@@H](NC(=O)[C@@H](O)CNC(=O)OC(C)(C)C)[C@H](O[C@H]2OC[C@](C)(O)[C@H](N(C)C(=O)OC(C)(C)C)[C@H]2O)[C@H]1O. The van der Waals surface area contributed by atoms with E-state index in [1.165, 1.54) is 25.8 Å². The zero-order chi connectivity index (χ0) is 58.4. The molecular weight excluding hydrogens is 1010 g/mol. The van der Waals surface area contributed by atoms with Crippen molar-refractivity contribution < 1.29 is 92.2 Å². The molecule has 77 heavy (non-hydrogen) atoms. The molecule has 3 heterocycles. The first kappa shape index (κ1) is 64.3. The summed E-state index contributed by atoms with van der Waals surface area (Å²) in [4.78, 5) is 81.8. The fourth-order valence-electron chi connectivity index (χ4n) is 9.25. The van der Waals surface area contributed by atoms with Gasteiger partial charge in [-0.1, -0.05) is 6.58 Å². The third-order valence-electron chi connectivity index (χ3n) is 12.4. The molecule has 0 aromatic rings. The van der Waals surface area contributed by atoms with Gasteiger partial charge in [-0.15, -0.1) is 0 Å². The number of hydrogen-bond acceptors (Lipinski definition) is 20. The van der Waals surface area contributed by atoms with E-state index in [2.05, 4.69) is 33.2 Å². The van der Waals surface area contributed by atoms with Crippen molar-refractivity contribution in [3.05, 3.63) is 24.2 Å². The highest BCUT2D eigenvalue weighted by atomic mass is 16.7. The molecule has 12 atom stereocenters. The summed E-state index contributed by atoms with van der Waals surface area (Å²) in [5.74, 6) is -2.03. The third kappa shape index (κ3) is 19.6. The van der Waals surface area contributed by atoms with Crippen molar-refractivity contribution in [2.24, 2.45) is 5.92 Å². The van der Waals surface area contributed by atoms with Crippen LogP contribution in [0.2, 0.25) is 0 Å². The van der Waals surface area contributed by atoms with Gasteiger partial charge in [0.2, 0.25) is 0 Å². The number of hydrogen-bond donors (Lipinski definition) is 10. The molecule has 3 fully saturated rings. The molecule has 6 amide bonds. The Balaban J connectivity index is 1.74. The van der Waals surface area contributed by atoms with Gasteiger partial charge < -0.3 is 99.8 Å². The van der Waals surface area contributed by atoms with E-state index >= 15 is 0 Å². The Morgan fingerprint density at radius 2 is 1.39 bits per heavy atom. The van der Waals surface area contributed by atoms with Gasteiger partial charge in [-0.2, -0.15) is 0 Å². The Bertz CT molecular complexity index is 2130. The molecule has 0 bridgehead atoms. The second kappa shape index (κ2) is 25.3. The van der Waals surface area contributed by atoms with E-state index in [0.29, 0.717) is 5.76 Å². The zero-order valence-electron chi connectivity index (χ0n) is 47.3. The van der Waals surface area contributed by atoms with E-state index < -0.39 is 150 Å².